The molecule has 0 fully saturated rings. The first-order valence-corrected chi connectivity index (χ1v) is 8.34. The number of nitrogens with one attached hydrogen (secondary N) is 1. The van der Waals surface area contributed by atoms with E-state index in [1.165, 1.54) is 31.4 Å². The molecule has 0 aliphatic carbocycles. The van der Waals surface area contributed by atoms with Gasteiger partial charge in [0.2, 0.25) is 0 Å². The lowest BCUT2D eigenvalue weighted by Crippen LogP contribution is -2.36. The lowest BCUT2D eigenvalue weighted by atomic mass is 9.76. The number of hydrogen-bond acceptors (Lipinski definition) is 2. The van der Waals surface area contributed by atoms with E-state index >= 15 is 0 Å². The minimum atomic E-state index is 0.380. The number of unbranched alkanes of at least 4 members (excludes halogenated alkanes) is 1. The highest BCUT2D eigenvalue weighted by atomic mass is 15.3. The third-order valence-corrected chi connectivity index (χ3v) is 4.40. The molecule has 0 amide bonds. The Morgan fingerprint density at radius 3 is 2.55 bits per heavy atom. The van der Waals surface area contributed by atoms with Crippen LogP contribution in [-0.4, -0.2) is 22.9 Å². The Morgan fingerprint density at radius 1 is 1.25 bits per heavy atom. The summed E-state index contributed by atoms with van der Waals surface area (Å²) in [7, 11) is 0. The molecule has 1 N–H and O–H groups in total. The Morgan fingerprint density at radius 2 is 2.00 bits per heavy atom. The Kier molecular flexibility index (Phi) is 7.28. The first-order chi connectivity index (χ1) is 9.60. The molecule has 0 radical (unpaired) electrons. The van der Waals surface area contributed by atoms with E-state index < -0.39 is 0 Å². The molecule has 1 atom stereocenters. The molecule has 3 heteroatoms. The number of aromatic nitrogens is 2. The number of rotatable bonds is 10. The number of hydrogen-bond donors (Lipinski definition) is 1. The summed E-state index contributed by atoms with van der Waals surface area (Å²) in [6, 6.07) is 2.27. The van der Waals surface area contributed by atoms with Gasteiger partial charge in [0.05, 0.1) is 5.69 Å². The first kappa shape index (κ1) is 17.2. The van der Waals surface area contributed by atoms with Gasteiger partial charge in [-0.05, 0) is 51.1 Å². The molecule has 1 rings (SSSR count). The van der Waals surface area contributed by atoms with Gasteiger partial charge in [0.25, 0.3) is 0 Å². The van der Waals surface area contributed by atoms with Crippen LogP contribution in [0.5, 0.6) is 0 Å². The summed E-state index contributed by atoms with van der Waals surface area (Å²) in [5.41, 5.74) is 2.93. The molecule has 0 aromatic carbocycles. The van der Waals surface area contributed by atoms with Crippen LogP contribution in [0.4, 0.5) is 0 Å². The second-order valence-corrected chi connectivity index (χ2v) is 6.01. The topological polar surface area (TPSA) is 29.9 Å². The zero-order valence-corrected chi connectivity index (χ0v) is 14.1. The van der Waals surface area contributed by atoms with Crippen LogP contribution in [0.3, 0.4) is 0 Å². The maximum Gasteiger partial charge on any atom is 0.0596 e. The Labute approximate surface area is 125 Å². The summed E-state index contributed by atoms with van der Waals surface area (Å²) < 4.78 is 2.18. The second kappa shape index (κ2) is 8.46. The highest BCUT2D eigenvalue weighted by Crippen LogP contribution is 2.32. The molecule has 0 saturated heterocycles. The van der Waals surface area contributed by atoms with Crippen molar-refractivity contribution in [1.82, 2.24) is 15.1 Å². The fourth-order valence-corrected chi connectivity index (χ4v) is 3.01. The molecule has 0 aliphatic rings. The van der Waals surface area contributed by atoms with Crippen molar-refractivity contribution < 1.29 is 0 Å². The van der Waals surface area contributed by atoms with Crippen molar-refractivity contribution in [3.05, 3.63) is 17.5 Å². The molecule has 0 saturated carbocycles. The van der Waals surface area contributed by atoms with Gasteiger partial charge in [0.15, 0.2) is 0 Å². The molecular formula is C17H33N3. The Balaban J connectivity index is 2.90. The minimum Gasteiger partial charge on any atom is -0.316 e. The van der Waals surface area contributed by atoms with Crippen LogP contribution in [0.15, 0.2) is 6.07 Å². The predicted molar refractivity (Wildman–Crippen MR) is 87.1 cm³/mol. The third-order valence-electron chi connectivity index (χ3n) is 4.40. The Bertz CT molecular complexity index is 374. The monoisotopic (exact) mass is 279 g/mol. The largest absolute Gasteiger partial charge is 0.316 e. The normalized spacial score (nSPS) is 14.4. The summed E-state index contributed by atoms with van der Waals surface area (Å²) in [6.07, 6.45) is 6.28. The Hall–Kier alpha value is -0.830. The van der Waals surface area contributed by atoms with Crippen LogP contribution in [-0.2, 0) is 13.0 Å². The van der Waals surface area contributed by atoms with E-state index in [-0.39, 0.29) is 0 Å². The van der Waals surface area contributed by atoms with E-state index in [0.717, 1.165) is 31.7 Å². The lowest BCUT2D eigenvalue weighted by Gasteiger charge is -2.33. The molecule has 1 heterocycles. The SMILES string of the molecule is CCCCC(CC)(CNCC)Cc1cc(C)nn1CC. The van der Waals surface area contributed by atoms with Crippen LogP contribution in [0.1, 0.15) is 64.8 Å². The maximum atomic E-state index is 4.60. The van der Waals surface area contributed by atoms with Crippen LogP contribution in [0.2, 0.25) is 0 Å². The van der Waals surface area contributed by atoms with E-state index in [2.05, 4.69) is 55.8 Å². The average molecular weight is 279 g/mol. The molecule has 1 unspecified atom stereocenters. The van der Waals surface area contributed by atoms with Crippen molar-refractivity contribution >= 4 is 0 Å². The fraction of sp³-hybridized carbons (Fsp3) is 0.824. The van der Waals surface area contributed by atoms with Crippen LogP contribution in [0, 0.1) is 12.3 Å². The zero-order valence-electron chi connectivity index (χ0n) is 14.1. The highest BCUT2D eigenvalue weighted by molar-refractivity contribution is 5.11. The summed E-state index contributed by atoms with van der Waals surface area (Å²) in [5, 5.41) is 8.19. The molecule has 1 aromatic rings. The van der Waals surface area contributed by atoms with Gasteiger partial charge in [-0.1, -0.05) is 33.6 Å². The minimum absolute atomic E-state index is 0.380. The van der Waals surface area contributed by atoms with Crippen LogP contribution in [0.25, 0.3) is 0 Å². The van der Waals surface area contributed by atoms with Gasteiger partial charge in [0, 0.05) is 18.8 Å². The average Bonchev–Trinajstić information content (AvgIpc) is 2.81. The molecule has 1 aromatic heterocycles. The van der Waals surface area contributed by atoms with Crippen molar-refractivity contribution in [3.8, 4) is 0 Å². The standard InChI is InChI=1S/C17H33N3/c1-6-10-11-17(7-2,14-18-8-3)13-16-12-15(5)19-20(16)9-4/h12,18H,6-11,13-14H2,1-5H3. The highest BCUT2D eigenvalue weighted by Gasteiger charge is 2.29. The molecule has 0 aliphatic heterocycles. The first-order valence-electron chi connectivity index (χ1n) is 8.34. The van der Waals surface area contributed by atoms with Gasteiger partial charge in [-0.15, -0.1) is 0 Å². The van der Waals surface area contributed by atoms with Crippen LogP contribution < -0.4 is 5.32 Å². The van der Waals surface area contributed by atoms with Gasteiger partial charge in [-0.2, -0.15) is 5.10 Å². The smallest absolute Gasteiger partial charge is 0.0596 e. The van der Waals surface area contributed by atoms with Gasteiger partial charge in [-0.25, -0.2) is 0 Å². The van der Waals surface area contributed by atoms with Gasteiger partial charge >= 0.3 is 0 Å². The lowest BCUT2D eigenvalue weighted by molar-refractivity contribution is 0.225. The molecule has 0 spiro atoms. The van der Waals surface area contributed by atoms with Gasteiger partial charge in [0.1, 0.15) is 0 Å². The van der Waals surface area contributed by atoms with E-state index in [9.17, 15) is 0 Å². The fourth-order valence-electron chi connectivity index (χ4n) is 3.01. The molecule has 0 bridgehead atoms. The predicted octanol–water partition coefficient (Wildman–Crippen LogP) is 3.95. The van der Waals surface area contributed by atoms with E-state index in [0.29, 0.717) is 5.41 Å². The van der Waals surface area contributed by atoms with Crippen molar-refractivity contribution in [2.75, 3.05) is 13.1 Å². The summed E-state index contributed by atoms with van der Waals surface area (Å²) in [6.45, 7) is 14.2. The van der Waals surface area contributed by atoms with Crippen molar-refractivity contribution in [1.29, 1.82) is 0 Å². The number of aryl methyl sites for hydroxylation is 2. The van der Waals surface area contributed by atoms with Crippen molar-refractivity contribution in [2.24, 2.45) is 5.41 Å². The van der Waals surface area contributed by atoms with Crippen molar-refractivity contribution in [3.63, 3.8) is 0 Å². The number of nitrogens with zero attached hydrogens (tertiary/aromatic N) is 2. The maximum absolute atomic E-state index is 4.60. The third kappa shape index (κ3) is 4.62. The zero-order chi connectivity index (χ0) is 15.0. The molecule has 20 heavy (non-hydrogen) atoms. The molecule has 116 valence electrons. The van der Waals surface area contributed by atoms with Crippen LogP contribution >= 0.6 is 0 Å². The summed E-state index contributed by atoms with van der Waals surface area (Å²) >= 11 is 0. The van der Waals surface area contributed by atoms with E-state index in [1.54, 1.807) is 0 Å². The van der Waals surface area contributed by atoms with E-state index in [1.807, 2.05) is 0 Å². The van der Waals surface area contributed by atoms with Gasteiger partial charge in [-0.3, -0.25) is 4.68 Å². The summed E-state index contributed by atoms with van der Waals surface area (Å²) in [4.78, 5) is 0. The van der Waals surface area contributed by atoms with Gasteiger partial charge < -0.3 is 5.32 Å². The van der Waals surface area contributed by atoms with Crippen molar-refractivity contribution in [2.45, 2.75) is 73.3 Å². The summed E-state index contributed by atoms with van der Waals surface area (Å²) in [5.74, 6) is 0. The van der Waals surface area contributed by atoms with E-state index in [4.69, 9.17) is 0 Å². The second-order valence-electron chi connectivity index (χ2n) is 6.01. The molecule has 3 nitrogen and oxygen atoms in total. The quantitative estimate of drug-likeness (QED) is 0.703. The molecular weight excluding hydrogens is 246 g/mol.